The molecule has 9 nitrogen and oxygen atoms in total. The molecule has 4 aromatic carbocycles. The summed E-state index contributed by atoms with van der Waals surface area (Å²) in [7, 11) is 0. The Morgan fingerprint density at radius 2 is 1.50 bits per heavy atom. The van der Waals surface area contributed by atoms with Crippen LogP contribution in [0.15, 0.2) is 108 Å². The molecule has 12 heteroatoms. The molecule has 4 rings (SSSR count). The Bertz CT molecular complexity index is 1660. The van der Waals surface area contributed by atoms with E-state index in [4.69, 9.17) is 23.2 Å². The summed E-state index contributed by atoms with van der Waals surface area (Å²) in [6, 6.07) is 25.6. The number of para-hydroxylation sites is 1. The Kier molecular flexibility index (Phi) is 10.3. The minimum Gasteiger partial charge on any atom is -0.325 e. The lowest BCUT2D eigenvalue weighted by molar-refractivity contribution is -0.385. The molecule has 3 N–H and O–H groups in total. The van der Waals surface area contributed by atoms with Crippen LogP contribution in [0.3, 0.4) is 0 Å². The molecule has 0 aliphatic carbocycles. The number of hydrogen-bond acceptors (Lipinski definition) is 6. The van der Waals surface area contributed by atoms with Gasteiger partial charge in [-0.3, -0.25) is 24.5 Å². The fourth-order valence-corrected chi connectivity index (χ4v) is 4.99. The van der Waals surface area contributed by atoms with Gasteiger partial charge in [-0.15, -0.1) is 11.8 Å². The minimum absolute atomic E-state index is 0.0670. The first-order valence-electron chi connectivity index (χ1n) is 12.3. The van der Waals surface area contributed by atoms with E-state index in [1.807, 2.05) is 0 Å². The number of nitrogens with zero attached hydrogens (tertiary/aromatic N) is 1. The molecule has 0 aliphatic rings. The second kappa shape index (κ2) is 14.3. The molecule has 0 saturated carbocycles. The highest BCUT2D eigenvalue weighted by molar-refractivity contribution is 8.00. The topological polar surface area (TPSA) is 130 Å². The van der Waals surface area contributed by atoms with Crippen LogP contribution in [0.5, 0.6) is 0 Å². The lowest BCUT2D eigenvalue weighted by Crippen LogP contribution is -2.30. The van der Waals surface area contributed by atoms with Gasteiger partial charge < -0.3 is 16.0 Å². The van der Waals surface area contributed by atoms with E-state index in [2.05, 4.69) is 16.0 Å². The summed E-state index contributed by atoms with van der Waals surface area (Å²) >= 11 is 13.2. The molecule has 0 saturated heterocycles. The van der Waals surface area contributed by atoms with Gasteiger partial charge in [0.25, 0.3) is 17.5 Å². The smallest absolute Gasteiger partial charge is 0.276 e. The first-order valence-corrected chi connectivity index (χ1v) is 14.0. The summed E-state index contributed by atoms with van der Waals surface area (Å²) in [5, 5.41) is 20.3. The summed E-state index contributed by atoms with van der Waals surface area (Å²) in [6.07, 6.45) is 1.25. The van der Waals surface area contributed by atoms with E-state index in [1.165, 1.54) is 36.0 Å². The molecule has 3 amide bonds. The van der Waals surface area contributed by atoms with Crippen molar-refractivity contribution < 1.29 is 19.3 Å². The summed E-state index contributed by atoms with van der Waals surface area (Å²) < 4.78 is 0. The van der Waals surface area contributed by atoms with Gasteiger partial charge in [-0.05, 0) is 60.7 Å². The van der Waals surface area contributed by atoms with Gasteiger partial charge in [0.2, 0.25) is 5.91 Å². The number of nitro groups is 1. The molecule has 42 heavy (non-hydrogen) atoms. The third kappa shape index (κ3) is 8.68. The van der Waals surface area contributed by atoms with Crippen molar-refractivity contribution in [2.45, 2.75) is 4.90 Å². The molecule has 212 valence electrons. The van der Waals surface area contributed by atoms with E-state index in [-0.39, 0.29) is 28.6 Å². The minimum atomic E-state index is -0.699. The summed E-state index contributed by atoms with van der Waals surface area (Å²) in [5.74, 6) is -1.48. The Morgan fingerprint density at radius 3 is 2.21 bits per heavy atom. The van der Waals surface area contributed by atoms with E-state index in [9.17, 15) is 24.5 Å². The molecule has 0 bridgehead atoms. The van der Waals surface area contributed by atoms with E-state index in [0.29, 0.717) is 31.9 Å². The van der Waals surface area contributed by atoms with Crippen LogP contribution in [0.1, 0.15) is 15.9 Å². The van der Waals surface area contributed by atoms with Gasteiger partial charge in [0, 0.05) is 37.9 Å². The van der Waals surface area contributed by atoms with Crippen LogP contribution < -0.4 is 16.0 Å². The number of nitrogens with one attached hydrogen (secondary N) is 3. The number of benzene rings is 4. The molecule has 4 aromatic rings. The van der Waals surface area contributed by atoms with Crippen LogP contribution in [0.2, 0.25) is 10.0 Å². The highest BCUT2D eigenvalue weighted by Crippen LogP contribution is 2.25. The number of anilines is 2. The maximum absolute atomic E-state index is 13.3. The monoisotopic (exact) mass is 620 g/mol. The summed E-state index contributed by atoms with van der Waals surface area (Å²) in [5.41, 5.74) is 0.862. The van der Waals surface area contributed by atoms with Gasteiger partial charge >= 0.3 is 0 Å². The fourth-order valence-electron chi connectivity index (χ4n) is 3.71. The average Bonchev–Trinajstić information content (AvgIpc) is 2.96. The third-order valence-electron chi connectivity index (χ3n) is 5.57. The van der Waals surface area contributed by atoms with Crippen LogP contribution in [-0.2, 0) is 9.59 Å². The second-order valence-corrected chi connectivity index (χ2v) is 10.6. The Balaban J connectivity index is 1.50. The van der Waals surface area contributed by atoms with Gasteiger partial charge in [-0.2, -0.15) is 0 Å². The lowest BCUT2D eigenvalue weighted by atomic mass is 10.1. The van der Waals surface area contributed by atoms with Crippen molar-refractivity contribution in [1.82, 2.24) is 5.32 Å². The van der Waals surface area contributed by atoms with Crippen molar-refractivity contribution in [2.75, 3.05) is 16.4 Å². The summed E-state index contributed by atoms with van der Waals surface area (Å²) in [4.78, 5) is 50.3. The normalized spacial score (nSPS) is 11.0. The Morgan fingerprint density at radius 1 is 0.810 bits per heavy atom. The van der Waals surface area contributed by atoms with Crippen molar-refractivity contribution >= 4 is 75.8 Å². The van der Waals surface area contributed by atoms with Crippen LogP contribution in [0.25, 0.3) is 6.08 Å². The average molecular weight is 622 g/mol. The number of thioether (sulfide) groups is 1. The van der Waals surface area contributed by atoms with Gasteiger partial charge in [0.05, 0.1) is 16.2 Å². The molecule has 0 heterocycles. The summed E-state index contributed by atoms with van der Waals surface area (Å²) in [6.45, 7) is 0. The molecule has 0 aromatic heterocycles. The number of nitro benzene ring substituents is 1. The van der Waals surface area contributed by atoms with E-state index >= 15 is 0 Å². The molecule has 0 atom stereocenters. The van der Waals surface area contributed by atoms with Crippen molar-refractivity contribution in [2.24, 2.45) is 0 Å². The van der Waals surface area contributed by atoms with Crippen molar-refractivity contribution in [3.8, 4) is 0 Å². The maximum Gasteiger partial charge on any atom is 0.276 e. The molecule has 0 radical (unpaired) electrons. The standard InChI is InChI=1S/C30H22Cl2N4O5S/c31-21-14-22(32)16-24(15-21)33-28(37)18-42-25-11-6-10-23(17-25)34-30(39)26(35-29(38)19-7-2-1-3-8-19)13-20-9-4-5-12-27(20)36(40)41/h1-17H,18H2,(H,33,37)(H,34,39)(H,35,38)/b26-13+. The predicted octanol–water partition coefficient (Wildman–Crippen LogP) is 7.04. The SMILES string of the molecule is O=C(CSc1cccc(NC(=O)/C(=C\c2ccccc2[N+](=O)[O-])NC(=O)c2ccccc2)c1)Nc1cc(Cl)cc(Cl)c1. The Labute approximate surface area is 255 Å². The van der Waals surface area contributed by atoms with E-state index in [1.54, 1.807) is 78.9 Å². The van der Waals surface area contributed by atoms with Crippen molar-refractivity contribution in [3.63, 3.8) is 0 Å². The quantitative estimate of drug-likeness (QED) is 0.0754. The zero-order valence-electron chi connectivity index (χ0n) is 21.7. The van der Waals surface area contributed by atoms with Crippen LogP contribution in [-0.4, -0.2) is 28.4 Å². The maximum atomic E-state index is 13.3. The lowest BCUT2D eigenvalue weighted by Gasteiger charge is -2.12. The molecule has 0 unspecified atom stereocenters. The number of carbonyl (C=O) groups is 3. The first kappa shape index (κ1) is 30.3. The number of amides is 3. The van der Waals surface area contributed by atoms with Gasteiger partial charge in [0.15, 0.2) is 0 Å². The van der Waals surface area contributed by atoms with Gasteiger partial charge in [0.1, 0.15) is 5.70 Å². The number of halogens is 2. The number of rotatable bonds is 10. The largest absolute Gasteiger partial charge is 0.325 e. The zero-order chi connectivity index (χ0) is 30.1. The third-order valence-corrected chi connectivity index (χ3v) is 7.00. The molecular formula is C30H22Cl2N4O5S. The van der Waals surface area contributed by atoms with E-state index < -0.39 is 16.7 Å². The van der Waals surface area contributed by atoms with Gasteiger partial charge in [-0.25, -0.2) is 0 Å². The fraction of sp³-hybridized carbons (Fsp3) is 0.0333. The van der Waals surface area contributed by atoms with Crippen LogP contribution in [0.4, 0.5) is 17.1 Å². The van der Waals surface area contributed by atoms with Crippen LogP contribution in [0, 0.1) is 10.1 Å². The van der Waals surface area contributed by atoms with Crippen molar-refractivity contribution in [1.29, 1.82) is 0 Å². The second-order valence-electron chi connectivity index (χ2n) is 8.67. The highest BCUT2D eigenvalue weighted by Gasteiger charge is 2.18. The van der Waals surface area contributed by atoms with Crippen LogP contribution >= 0.6 is 35.0 Å². The Hall–Kier alpha value is -4.64. The number of carbonyl (C=O) groups excluding carboxylic acids is 3. The molecule has 0 fully saturated rings. The predicted molar refractivity (Wildman–Crippen MR) is 166 cm³/mol. The van der Waals surface area contributed by atoms with E-state index in [0.717, 1.165) is 0 Å². The van der Waals surface area contributed by atoms with Gasteiger partial charge in [-0.1, -0.05) is 59.6 Å². The highest BCUT2D eigenvalue weighted by atomic mass is 35.5. The van der Waals surface area contributed by atoms with Crippen molar-refractivity contribution in [3.05, 3.63) is 134 Å². The molecule has 0 aliphatic heterocycles. The first-order chi connectivity index (χ1) is 20.2. The zero-order valence-corrected chi connectivity index (χ0v) is 24.0. The molecular weight excluding hydrogens is 599 g/mol. The molecule has 0 spiro atoms. The number of hydrogen-bond donors (Lipinski definition) is 3.